The Morgan fingerprint density at radius 3 is 2.31 bits per heavy atom. The van der Waals surface area contributed by atoms with Gasteiger partial charge in [0.2, 0.25) is 0 Å². The molecule has 0 aliphatic heterocycles. The molecule has 0 bridgehead atoms. The molecule has 0 radical (unpaired) electrons. The Morgan fingerprint density at radius 1 is 0.875 bits per heavy atom. The lowest BCUT2D eigenvalue weighted by Gasteiger charge is -2.17. The highest BCUT2D eigenvalue weighted by molar-refractivity contribution is 5.97. The quantitative estimate of drug-likeness (QED) is 0.258. The van der Waals surface area contributed by atoms with Gasteiger partial charge in [-0.3, -0.25) is 9.78 Å². The molecular formula is C28H33N3O. The Balaban J connectivity index is 1.57. The molecule has 0 aliphatic carbocycles. The predicted molar refractivity (Wildman–Crippen MR) is 135 cm³/mol. The van der Waals surface area contributed by atoms with Gasteiger partial charge in [-0.05, 0) is 80.0 Å². The zero-order valence-corrected chi connectivity index (χ0v) is 19.1. The molecule has 0 fully saturated rings. The van der Waals surface area contributed by atoms with Crippen molar-refractivity contribution >= 4 is 29.3 Å². The van der Waals surface area contributed by atoms with Gasteiger partial charge < -0.3 is 10.2 Å². The van der Waals surface area contributed by atoms with Crippen molar-refractivity contribution in [1.29, 1.82) is 0 Å². The first-order chi connectivity index (χ1) is 15.7. The second-order valence-corrected chi connectivity index (χ2v) is 7.85. The maximum atomic E-state index is 12.7. The van der Waals surface area contributed by atoms with Crippen LogP contribution in [-0.4, -0.2) is 35.3 Å². The lowest BCUT2D eigenvalue weighted by molar-refractivity contribution is 0.0978. The van der Waals surface area contributed by atoms with Crippen LogP contribution in [0.5, 0.6) is 0 Å². The number of ketones is 1. The minimum Gasteiger partial charge on any atom is -0.355 e. The largest absolute Gasteiger partial charge is 0.355 e. The van der Waals surface area contributed by atoms with Crippen LogP contribution in [0.2, 0.25) is 0 Å². The van der Waals surface area contributed by atoms with Crippen LogP contribution in [0.15, 0.2) is 73.1 Å². The lowest BCUT2D eigenvalue weighted by Crippen LogP contribution is -2.24. The second kappa shape index (κ2) is 12.6. The first-order valence-electron chi connectivity index (χ1n) is 11.5. The van der Waals surface area contributed by atoms with Gasteiger partial charge in [0, 0.05) is 35.8 Å². The Hall–Kier alpha value is -3.24. The average molecular weight is 428 g/mol. The van der Waals surface area contributed by atoms with Gasteiger partial charge in [-0.25, -0.2) is 0 Å². The molecule has 4 nitrogen and oxygen atoms in total. The molecule has 0 unspecified atom stereocenters. The summed E-state index contributed by atoms with van der Waals surface area (Å²) in [5, 5.41) is 3.43. The molecule has 0 saturated heterocycles. The highest BCUT2D eigenvalue weighted by Crippen LogP contribution is 2.21. The fourth-order valence-corrected chi connectivity index (χ4v) is 3.63. The number of benzene rings is 2. The second-order valence-electron chi connectivity index (χ2n) is 7.85. The molecule has 0 saturated carbocycles. The highest BCUT2D eigenvalue weighted by atomic mass is 16.1. The number of hydrogen-bond donors (Lipinski definition) is 1. The summed E-state index contributed by atoms with van der Waals surface area (Å²) in [5.41, 5.74) is 4.90. The van der Waals surface area contributed by atoms with E-state index in [9.17, 15) is 4.79 Å². The van der Waals surface area contributed by atoms with E-state index in [-0.39, 0.29) is 5.78 Å². The minimum absolute atomic E-state index is 0.210. The van der Waals surface area contributed by atoms with Gasteiger partial charge in [-0.1, -0.05) is 50.3 Å². The fraction of sp³-hybridized carbons (Fsp3) is 0.286. The number of unbranched alkanes of at least 4 members (excludes halogenated alkanes) is 1. The van der Waals surface area contributed by atoms with E-state index in [1.807, 2.05) is 48.5 Å². The molecule has 1 N–H and O–H groups in total. The zero-order valence-electron chi connectivity index (χ0n) is 19.1. The third-order valence-electron chi connectivity index (χ3n) is 5.56. The maximum Gasteiger partial charge on any atom is 0.162 e. The van der Waals surface area contributed by atoms with Crippen LogP contribution in [0.4, 0.5) is 11.4 Å². The Kier molecular flexibility index (Phi) is 9.20. The molecule has 4 heteroatoms. The number of carbonyl (C=O) groups excluding carboxylic acids is 1. The summed E-state index contributed by atoms with van der Waals surface area (Å²) in [4.78, 5) is 19.1. The summed E-state index contributed by atoms with van der Waals surface area (Å²) in [6.07, 6.45) is 10.3. The number of nitrogens with one attached hydrogen (secondary N) is 1. The topological polar surface area (TPSA) is 45.2 Å². The summed E-state index contributed by atoms with van der Waals surface area (Å²) in [5.74, 6) is 0.210. The van der Waals surface area contributed by atoms with E-state index >= 15 is 0 Å². The van der Waals surface area contributed by atoms with Crippen molar-refractivity contribution in [1.82, 2.24) is 9.88 Å². The van der Waals surface area contributed by atoms with E-state index in [0.29, 0.717) is 6.42 Å². The highest BCUT2D eigenvalue weighted by Gasteiger charge is 2.07. The summed E-state index contributed by atoms with van der Waals surface area (Å²) in [7, 11) is 0. The van der Waals surface area contributed by atoms with Crippen LogP contribution in [0.3, 0.4) is 0 Å². The van der Waals surface area contributed by atoms with Gasteiger partial charge in [-0.15, -0.1) is 0 Å². The monoisotopic (exact) mass is 427 g/mol. The van der Waals surface area contributed by atoms with Crippen LogP contribution in [-0.2, 0) is 0 Å². The number of nitrogens with zero attached hydrogens (tertiary/aromatic N) is 2. The van der Waals surface area contributed by atoms with Crippen LogP contribution in [0.25, 0.3) is 12.2 Å². The first-order valence-corrected chi connectivity index (χ1v) is 11.5. The average Bonchev–Trinajstić information content (AvgIpc) is 2.84. The van der Waals surface area contributed by atoms with Gasteiger partial charge in [0.15, 0.2) is 5.78 Å². The van der Waals surface area contributed by atoms with E-state index in [1.165, 1.54) is 0 Å². The normalized spacial score (nSPS) is 11.2. The third-order valence-corrected chi connectivity index (χ3v) is 5.56. The molecule has 0 atom stereocenters. The summed E-state index contributed by atoms with van der Waals surface area (Å²) in [6.45, 7) is 7.56. The van der Waals surface area contributed by atoms with E-state index in [0.717, 1.165) is 60.5 Å². The van der Waals surface area contributed by atoms with Crippen molar-refractivity contribution in [3.63, 3.8) is 0 Å². The number of rotatable bonds is 12. The predicted octanol–water partition coefficient (Wildman–Crippen LogP) is 6.69. The van der Waals surface area contributed by atoms with Crippen molar-refractivity contribution in [2.45, 2.75) is 33.1 Å². The minimum atomic E-state index is 0.210. The molecule has 0 aliphatic rings. The Bertz CT molecular complexity index is 1010. The van der Waals surface area contributed by atoms with Gasteiger partial charge in [0.25, 0.3) is 0 Å². The Labute approximate surface area is 192 Å². The zero-order chi connectivity index (χ0) is 22.6. The van der Waals surface area contributed by atoms with Crippen LogP contribution >= 0.6 is 0 Å². The van der Waals surface area contributed by atoms with Crippen LogP contribution < -0.4 is 5.32 Å². The van der Waals surface area contributed by atoms with E-state index in [2.05, 4.69) is 53.3 Å². The molecule has 166 valence electrons. The summed E-state index contributed by atoms with van der Waals surface area (Å²) < 4.78 is 0. The summed E-state index contributed by atoms with van der Waals surface area (Å²) >= 11 is 0. The molecule has 32 heavy (non-hydrogen) atoms. The van der Waals surface area contributed by atoms with Gasteiger partial charge in [-0.2, -0.15) is 0 Å². The molecule has 1 aromatic heterocycles. The number of anilines is 2. The van der Waals surface area contributed by atoms with Gasteiger partial charge >= 0.3 is 0 Å². The van der Waals surface area contributed by atoms with Crippen molar-refractivity contribution in [2.75, 3.05) is 25.0 Å². The fourth-order valence-electron chi connectivity index (χ4n) is 3.63. The molecule has 3 rings (SSSR count). The number of pyridine rings is 1. The van der Waals surface area contributed by atoms with E-state index in [1.54, 1.807) is 12.4 Å². The molecule has 3 aromatic rings. The SMILES string of the molecule is CCN(CC)CCCCC(=O)c1cccc(Nc2cccc(/C=C/c3ccncc3)c2)c1. The van der Waals surface area contributed by atoms with Crippen LogP contribution in [0, 0.1) is 0 Å². The van der Waals surface area contributed by atoms with Crippen LogP contribution in [0.1, 0.15) is 54.6 Å². The van der Waals surface area contributed by atoms with Crippen molar-refractivity contribution in [3.05, 3.63) is 89.7 Å². The molecule has 0 spiro atoms. The third kappa shape index (κ3) is 7.47. The number of carbonyl (C=O) groups is 1. The smallest absolute Gasteiger partial charge is 0.162 e. The summed E-state index contributed by atoms with van der Waals surface area (Å²) in [6, 6.07) is 20.0. The van der Waals surface area contributed by atoms with Gasteiger partial charge in [0.1, 0.15) is 0 Å². The number of Topliss-reactive ketones (excluding diaryl/α,β-unsaturated/α-hetero) is 1. The number of aromatic nitrogens is 1. The van der Waals surface area contributed by atoms with E-state index in [4.69, 9.17) is 0 Å². The standard InChI is InChI=1S/C28H33N3O/c1-3-31(4-2)20-6-5-13-28(32)25-10-8-12-27(22-25)30-26-11-7-9-24(21-26)15-14-23-16-18-29-19-17-23/h7-12,14-19,21-22,30H,3-6,13,20H2,1-2H3/b15-14+. The Morgan fingerprint density at radius 2 is 1.56 bits per heavy atom. The van der Waals surface area contributed by atoms with E-state index < -0.39 is 0 Å². The number of hydrogen-bond acceptors (Lipinski definition) is 4. The molecular weight excluding hydrogens is 394 g/mol. The van der Waals surface area contributed by atoms with Crippen molar-refractivity contribution < 1.29 is 4.79 Å². The lowest BCUT2D eigenvalue weighted by atomic mass is 10.0. The van der Waals surface area contributed by atoms with Crippen molar-refractivity contribution in [2.24, 2.45) is 0 Å². The van der Waals surface area contributed by atoms with Gasteiger partial charge in [0.05, 0.1) is 0 Å². The maximum absolute atomic E-state index is 12.7. The van der Waals surface area contributed by atoms with Crippen molar-refractivity contribution in [3.8, 4) is 0 Å². The first kappa shape index (κ1) is 23.4. The molecule has 1 heterocycles. The molecule has 0 amide bonds. The molecule has 2 aromatic carbocycles.